The minimum atomic E-state index is -1.04. The highest BCUT2D eigenvalue weighted by atomic mass is 16.5. The molecule has 0 saturated heterocycles. The zero-order chi connectivity index (χ0) is 27.6. The second-order valence-electron chi connectivity index (χ2n) is 9.53. The van der Waals surface area contributed by atoms with Crippen molar-refractivity contribution < 1.29 is 29.0 Å². The molecule has 0 saturated carbocycles. The number of carboxylic acids is 1. The van der Waals surface area contributed by atoms with Crippen molar-refractivity contribution >= 4 is 23.8 Å². The van der Waals surface area contributed by atoms with E-state index >= 15 is 0 Å². The number of nitrogens with zero attached hydrogens (tertiary/aromatic N) is 1. The van der Waals surface area contributed by atoms with E-state index in [1.165, 1.54) is 4.90 Å². The largest absolute Gasteiger partial charge is 0.480 e. The van der Waals surface area contributed by atoms with Gasteiger partial charge in [0, 0.05) is 6.54 Å². The van der Waals surface area contributed by atoms with Gasteiger partial charge in [-0.1, -0.05) is 72.8 Å². The number of amides is 2. The molecule has 202 valence electrons. The van der Waals surface area contributed by atoms with E-state index in [2.05, 4.69) is 5.32 Å². The molecule has 1 aliphatic heterocycles. The zero-order valence-electron chi connectivity index (χ0n) is 21.6. The summed E-state index contributed by atoms with van der Waals surface area (Å²) in [6.07, 6.45) is 2.09. The molecule has 3 aromatic carbocycles. The minimum absolute atomic E-state index is 0.0780. The molecule has 39 heavy (non-hydrogen) atoms. The molecule has 2 atom stereocenters. The first kappa shape index (κ1) is 27.7. The van der Waals surface area contributed by atoms with E-state index in [-0.39, 0.29) is 25.0 Å². The van der Waals surface area contributed by atoms with E-state index < -0.39 is 24.0 Å². The van der Waals surface area contributed by atoms with E-state index in [0.717, 1.165) is 11.1 Å². The Morgan fingerprint density at radius 2 is 1.31 bits per heavy atom. The zero-order valence-corrected chi connectivity index (χ0v) is 21.6. The Kier molecular flexibility index (Phi) is 9.58. The van der Waals surface area contributed by atoms with Gasteiger partial charge in [0.2, 0.25) is 0 Å². The first-order valence-electron chi connectivity index (χ1n) is 13.1. The van der Waals surface area contributed by atoms with Gasteiger partial charge in [-0.05, 0) is 55.4 Å². The molecular weight excluding hydrogens is 496 g/mol. The summed E-state index contributed by atoms with van der Waals surface area (Å²) in [4.78, 5) is 51.6. The van der Waals surface area contributed by atoms with Gasteiger partial charge in [0.1, 0.15) is 18.7 Å². The molecule has 0 fully saturated rings. The molecule has 2 amide bonds. The van der Waals surface area contributed by atoms with Crippen molar-refractivity contribution in [3.8, 4) is 0 Å². The number of nitrogens with one attached hydrogen (secondary N) is 1. The molecule has 1 aliphatic rings. The van der Waals surface area contributed by atoms with Crippen LogP contribution in [0.2, 0.25) is 0 Å². The number of imide groups is 1. The molecule has 0 spiro atoms. The van der Waals surface area contributed by atoms with Crippen LogP contribution >= 0.6 is 0 Å². The summed E-state index contributed by atoms with van der Waals surface area (Å²) < 4.78 is 5.53. The van der Waals surface area contributed by atoms with E-state index in [4.69, 9.17) is 4.74 Å². The molecule has 2 N–H and O–H groups in total. The summed E-state index contributed by atoms with van der Waals surface area (Å²) in [5.41, 5.74) is 2.63. The highest BCUT2D eigenvalue weighted by molar-refractivity contribution is 6.21. The Morgan fingerprint density at radius 1 is 0.744 bits per heavy atom. The lowest BCUT2D eigenvalue weighted by Crippen LogP contribution is -2.48. The fraction of sp³-hybridized carbons (Fsp3) is 0.290. The highest BCUT2D eigenvalue weighted by Crippen LogP contribution is 2.23. The number of carbonyl (C=O) groups excluding carboxylic acids is 3. The number of rotatable bonds is 14. The summed E-state index contributed by atoms with van der Waals surface area (Å²) in [5, 5.41) is 12.9. The van der Waals surface area contributed by atoms with E-state index in [1.54, 1.807) is 24.3 Å². The van der Waals surface area contributed by atoms with Gasteiger partial charge in [-0.25, -0.2) is 0 Å². The number of aliphatic carboxylic acids is 1. The number of benzene rings is 3. The van der Waals surface area contributed by atoms with E-state index in [1.807, 2.05) is 60.7 Å². The summed E-state index contributed by atoms with van der Waals surface area (Å²) in [6.45, 7) is 0.295. The molecule has 0 radical (unpaired) electrons. The lowest BCUT2D eigenvalue weighted by Gasteiger charge is -2.23. The average molecular weight is 529 g/mol. The van der Waals surface area contributed by atoms with Crippen molar-refractivity contribution in [3.05, 3.63) is 107 Å². The summed E-state index contributed by atoms with van der Waals surface area (Å²) >= 11 is 0. The van der Waals surface area contributed by atoms with Crippen LogP contribution in [0.25, 0.3) is 0 Å². The maximum atomic E-state index is 13.1. The number of unbranched alkanes of at least 4 members (excludes halogenated alkanes) is 1. The van der Waals surface area contributed by atoms with Crippen LogP contribution in [0, 0.1) is 0 Å². The number of hydrogen-bond acceptors (Lipinski definition) is 6. The molecule has 0 bridgehead atoms. The third-order valence-corrected chi connectivity index (χ3v) is 6.78. The molecule has 3 aromatic rings. The van der Waals surface area contributed by atoms with Crippen LogP contribution in [0.1, 0.15) is 57.5 Å². The number of fused-ring (bicyclic) bond motifs is 1. The Labute approximate surface area is 227 Å². The molecule has 1 heterocycles. The normalized spacial score (nSPS) is 14.1. The van der Waals surface area contributed by atoms with Crippen LogP contribution < -0.4 is 5.32 Å². The van der Waals surface area contributed by atoms with Crippen molar-refractivity contribution in [1.29, 1.82) is 0 Å². The molecule has 0 aromatic heterocycles. The number of esters is 1. The fourth-order valence-corrected chi connectivity index (χ4v) is 4.64. The van der Waals surface area contributed by atoms with Crippen LogP contribution in [0.5, 0.6) is 0 Å². The monoisotopic (exact) mass is 528 g/mol. The second kappa shape index (κ2) is 13.5. The van der Waals surface area contributed by atoms with E-state index in [0.29, 0.717) is 43.2 Å². The smallest absolute Gasteiger partial charge is 0.323 e. The summed E-state index contributed by atoms with van der Waals surface area (Å²) in [5.74, 6) is -2.22. The van der Waals surface area contributed by atoms with Crippen LogP contribution in [0.3, 0.4) is 0 Å². The van der Waals surface area contributed by atoms with Crippen LogP contribution in [0.15, 0.2) is 84.9 Å². The molecule has 0 unspecified atom stereocenters. The predicted molar refractivity (Wildman–Crippen MR) is 145 cm³/mol. The predicted octanol–water partition coefficient (Wildman–Crippen LogP) is 4.24. The molecule has 4 rings (SSSR count). The van der Waals surface area contributed by atoms with Crippen molar-refractivity contribution in [2.24, 2.45) is 0 Å². The first-order valence-corrected chi connectivity index (χ1v) is 13.1. The summed E-state index contributed by atoms with van der Waals surface area (Å²) in [7, 11) is 0. The maximum Gasteiger partial charge on any atom is 0.323 e. The van der Waals surface area contributed by atoms with Crippen molar-refractivity contribution in [1.82, 2.24) is 10.2 Å². The molecule has 0 aliphatic carbocycles. The van der Waals surface area contributed by atoms with Crippen LogP contribution in [0.4, 0.5) is 0 Å². The number of hydrogen-bond donors (Lipinski definition) is 2. The van der Waals surface area contributed by atoms with Gasteiger partial charge in [0.05, 0.1) is 11.1 Å². The lowest BCUT2D eigenvalue weighted by atomic mass is 10.0. The Hall–Kier alpha value is -4.30. The Morgan fingerprint density at radius 3 is 1.90 bits per heavy atom. The number of carboxylic acid groups (broad SMARTS) is 1. The fourth-order valence-electron chi connectivity index (χ4n) is 4.64. The van der Waals surface area contributed by atoms with Crippen LogP contribution in [-0.4, -0.2) is 52.4 Å². The third-order valence-electron chi connectivity index (χ3n) is 6.78. The van der Waals surface area contributed by atoms with Gasteiger partial charge in [0.15, 0.2) is 0 Å². The molecule has 8 nitrogen and oxygen atoms in total. The van der Waals surface area contributed by atoms with Gasteiger partial charge in [-0.15, -0.1) is 0 Å². The minimum Gasteiger partial charge on any atom is -0.480 e. The van der Waals surface area contributed by atoms with Gasteiger partial charge in [-0.3, -0.25) is 29.4 Å². The van der Waals surface area contributed by atoms with Gasteiger partial charge < -0.3 is 9.84 Å². The van der Waals surface area contributed by atoms with Crippen LogP contribution in [-0.2, 0) is 27.4 Å². The first-order chi connectivity index (χ1) is 18.9. The van der Waals surface area contributed by atoms with Crippen molar-refractivity contribution in [2.75, 3.05) is 6.54 Å². The lowest BCUT2D eigenvalue weighted by molar-refractivity contribution is -0.149. The van der Waals surface area contributed by atoms with Gasteiger partial charge in [0.25, 0.3) is 11.8 Å². The number of carbonyl (C=O) groups is 4. The van der Waals surface area contributed by atoms with E-state index in [9.17, 15) is 24.3 Å². The third kappa shape index (κ3) is 7.39. The maximum absolute atomic E-state index is 13.1. The summed E-state index contributed by atoms with van der Waals surface area (Å²) in [6, 6.07) is 23.7. The Balaban J connectivity index is 1.36. The van der Waals surface area contributed by atoms with Gasteiger partial charge in [-0.2, -0.15) is 0 Å². The highest BCUT2D eigenvalue weighted by Gasteiger charge is 2.34. The van der Waals surface area contributed by atoms with Crippen molar-refractivity contribution in [2.45, 2.75) is 50.8 Å². The van der Waals surface area contributed by atoms with Crippen molar-refractivity contribution in [3.63, 3.8) is 0 Å². The SMILES string of the molecule is O=C(O)[C@H](CCc1ccccc1)N[C@H](CCCCN1C(=O)c2ccccc2C1=O)C(=O)OCc1ccccc1. The number of ether oxygens (including phenoxy) is 1. The topological polar surface area (TPSA) is 113 Å². The number of aryl methyl sites for hydroxylation is 1. The quantitative estimate of drug-likeness (QED) is 0.183. The average Bonchev–Trinajstić information content (AvgIpc) is 3.20. The Bertz CT molecular complexity index is 1260. The molecule has 8 heteroatoms. The second-order valence-corrected chi connectivity index (χ2v) is 9.53. The standard InChI is InChI=1S/C31H32N2O6/c34-28-24-15-7-8-16-25(24)29(35)33(28)20-10-9-17-27(31(38)39-21-23-13-5-2-6-14-23)32-26(30(36)37)19-18-22-11-3-1-4-12-22/h1-8,11-16,26-27,32H,9-10,17-21H2,(H,36,37)/t26-,27+/m0/s1. The van der Waals surface area contributed by atoms with Gasteiger partial charge >= 0.3 is 11.9 Å². The molecular formula is C31H32N2O6.